The molecule has 11 heteroatoms. The lowest BCUT2D eigenvalue weighted by Crippen LogP contribution is -2.24. The Bertz CT molecular complexity index is 1780. The quantitative estimate of drug-likeness (QED) is 0.303. The molecule has 0 spiro atoms. The highest BCUT2D eigenvalue weighted by atomic mass is 19.2. The fourth-order valence-corrected chi connectivity index (χ4v) is 5.42. The number of halogens is 2. The molecule has 3 heterocycles. The molecule has 9 nitrogen and oxygen atoms in total. The van der Waals surface area contributed by atoms with Gasteiger partial charge in [-0.2, -0.15) is 0 Å². The van der Waals surface area contributed by atoms with Gasteiger partial charge in [0.1, 0.15) is 11.2 Å². The zero-order valence-electron chi connectivity index (χ0n) is 21.5. The van der Waals surface area contributed by atoms with E-state index in [0.29, 0.717) is 58.6 Å². The number of nitrogens with one attached hydrogen (secondary N) is 1. The van der Waals surface area contributed by atoms with Gasteiger partial charge in [-0.15, -0.1) is 0 Å². The predicted molar refractivity (Wildman–Crippen MR) is 142 cm³/mol. The van der Waals surface area contributed by atoms with Gasteiger partial charge >= 0.3 is 5.97 Å². The highest BCUT2D eigenvalue weighted by Crippen LogP contribution is 2.49. The molecule has 0 aliphatic heterocycles. The SMILES string of the molecule is CNc1cc(F)c(F)c2c1Cc1ncc(-c3cnc4c(c3)c(=O)c(C(=O)O)cn4CC3(O)CC3)c(N(C)C)c1-2. The van der Waals surface area contributed by atoms with Crippen molar-refractivity contribution in [3.05, 3.63) is 69.4 Å². The first-order valence-electron chi connectivity index (χ1n) is 12.4. The monoisotopic (exact) mass is 533 g/mol. The third kappa shape index (κ3) is 3.84. The molecule has 1 aromatic carbocycles. The van der Waals surface area contributed by atoms with Crippen LogP contribution in [0.2, 0.25) is 0 Å². The topological polar surface area (TPSA) is 121 Å². The fourth-order valence-electron chi connectivity index (χ4n) is 5.42. The van der Waals surface area contributed by atoms with E-state index in [1.165, 1.54) is 23.0 Å². The van der Waals surface area contributed by atoms with Crippen molar-refractivity contribution in [1.82, 2.24) is 14.5 Å². The molecule has 3 aromatic heterocycles. The number of pyridine rings is 3. The summed E-state index contributed by atoms with van der Waals surface area (Å²) < 4.78 is 31.4. The number of nitrogens with zero attached hydrogens (tertiary/aromatic N) is 4. The Kier molecular flexibility index (Phi) is 5.48. The molecule has 1 saturated carbocycles. The summed E-state index contributed by atoms with van der Waals surface area (Å²) in [6.07, 6.45) is 5.80. The molecule has 0 amide bonds. The van der Waals surface area contributed by atoms with Crippen LogP contribution in [0.3, 0.4) is 0 Å². The number of aromatic carboxylic acids is 1. The number of anilines is 2. The Balaban J connectivity index is 1.60. The molecule has 39 heavy (non-hydrogen) atoms. The summed E-state index contributed by atoms with van der Waals surface area (Å²) in [5.74, 6) is -3.33. The van der Waals surface area contributed by atoms with Crippen molar-refractivity contribution < 1.29 is 23.8 Å². The summed E-state index contributed by atoms with van der Waals surface area (Å²) in [5.41, 5.74) is 1.92. The van der Waals surface area contributed by atoms with Gasteiger partial charge in [0.15, 0.2) is 11.6 Å². The van der Waals surface area contributed by atoms with Crippen LogP contribution < -0.4 is 15.6 Å². The minimum atomic E-state index is -1.38. The Morgan fingerprint density at radius 2 is 1.92 bits per heavy atom. The summed E-state index contributed by atoms with van der Waals surface area (Å²) in [6.45, 7) is 0.106. The van der Waals surface area contributed by atoms with E-state index < -0.39 is 34.2 Å². The van der Waals surface area contributed by atoms with Crippen molar-refractivity contribution in [2.75, 3.05) is 31.4 Å². The Labute approximate surface area is 221 Å². The number of hydrogen-bond acceptors (Lipinski definition) is 7. The predicted octanol–water partition coefficient (Wildman–Crippen LogP) is 3.64. The maximum absolute atomic E-state index is 15.3. The second-order valence-electron chi connectivity index (χ2n) is 10.4. The largest absolute Gasteiger partial charge is 0.477 e. The smallest absolute Gasteiger partial charge is 0.341 e. The van der Waals surface area contributed by atoms with Gasteiger partial charge in [0.05, 0.1) is 28.9 Å². The van der Waals surface area contributed by atoms with Crippen LogP contribution in [0.4, 0.5) is 20.2 Å². The molecule has 0 radical (unpaired) electrons. The van der Waals surface area contributed by atoms with E-state index in [9.17, 15) is 24.2 Å². The van der Waals surface area contributed by atoms with Crippen molar-refractivity contribution >= 4 is 28.4 Å². The third-order valence-electron chi connectivity index (χ3n) is 7.51. The average Bonchev–Trinajstić information content (AvgIpc) is 3.50. The van der Waals surface area contributed by atoms with Gasteiger partial charge in [-0.05, 0) is 24.5 Å². The molecule has 2 aliphatic carbocycles. The number of hydrogen-bond donors (Lipinski definition) is 3. The van der Waals surface area contributed by atoms with E-state index >= 15 is 4.39 Å². The van der Waals surface area contributed by atoms with Crippen molar-refractivity contribution in [1.29, 1.82) is 0 Å². The van der Waals surface area contributed by atoms with Crippen LogP contribution in [-0.2, 0) is 13.0 Å². The summed E-state index contributed by atoms with van der Waals surface area (Å²) in [7, 11) is 5.18. The highest BCUT2D eigenvalue weighted by Gasteiger charge is 2.41. The number of benzene rings is 1. The van der Waals surface area contributed by atoms with Crippen LogP contribution in [-0.4, -0.2) is 57.5 Å². The number of rotatable bonds is 6. The van der Waals surface area contributed by atoms with E-state index in [1.807, 2.05) is 0 Å². The standard InChI is InChI=1S/C28H25F2N5O4/c1-31-19-8-18(29)23(30)21-14(19)7-20-22(21)24(34(2)3)16(10-32-20)13-6-15-25(36)17(27(37)38)11-35(26(15)33-9-13)12-28(39)4-5-28/h6,8-11,31,39H,4-5,7,12H2,1-3H3,(H,37,38). The summed E-state index contributed by atoms with van der Waals surface area (Å²) in [6, 6.07) is 2.67. The van der Waals surface area contributed by atoms with Crippen molar-refractivity contribution in [3.63, 3.8) is 0 Å². The number of aliphatic hydroxyl groups is 1. The number of carboxylic acid groups (broad SMARTS) is 1. The molecule has 0 atom stereocenters. The number of aromatic nitrogens is 3. The van der Waals surface area contributed by atoms with Gasteiger partial charge in [0.2, 0.25) is 5.43 Å². The average molecular weight is 534 g/mol. The summed E-state index contributed by atoms with van der Waals surface area (Å²) in [5, 5.41) is 23.1. The molecule has 0 unspecified atom stereocenters. The summed E-state index contributed by atoms with van der Waals surface area (Å²) >= 11 is 0. The lowest BCUT2D eigenvalue weighted by Gasteiger charge is -2.22. The lowest BCUT2D eigenvalue weighted by molar-refractivity contribution is 0.0693. The lowest BCUT2D eigenvalue weighted by atomic mass is 9.97. The summed E-state index contributed by atoms with van der Waals surface area (Å²) in [4.78, 5) is 35.9. The number of carbonyl (C=O) groups is 1. The molecule has 6 rings (SSSR count). The van der Waals surface area contributed by atoms with Crippen LogP contribution in [0, 0.1) is 11.6 Å². The first-order valence-corrected chi connectivity index (χ1v) is 12.4. The van der Waals surface area contributed by atoms with Crippen LogP contribution in [0.15, 0.2) is 35.5 Å². The van der Waals surface area contributed by atoms with E-state index in [2.05, 4.69) is 15.3 Å². The molecule has 4 aromatic rings. The second-order valence-corrected chi connectivity index (χ2v) is 10.4. The highest BCUT2D eigenvalue weighted by molar-refractivity contribution is 5.98. The van der Waals surface area contributed by atoms with Crippen molar-refractivity contribution in [2.24, 2.45) is 0 Å². The molecule has 3 N–H and O–H groups in total. The van der Waals surface area contributed by atoms with E-state index in [-0.39, 0.29) is 23.1 Å². The van der Waals surface area contributed by atoms with Crippen molar-refractivity contribution in [3.8, 4) is 22.3 Å². The van der Waals surface area contributed by atoms with Crippen molar-refractivity contribution in [2.45, 2.75) is 31.4 Å². The Morgan fingerprint density at radius 3 is 2.56 bits per heavy atom. The maximum Gasteiger partial charge on any atom is 0.341 e. The van der Waals surface area contributed by atoms with Crippen LogP contribution >= 0.6 is 0 Å². The Morgan fingerprint density at radius 1 is 1.18 bits per heavy atom. The van der Waals surface area contributed by atoms with Gasteiger partial charge in [-0.3, -0.25) is 9.78 Å². The number of fused-ring (bicyclic) bond motifs is 4. The maximum atomic E-state index is 15.3. The van der Waals surface area contributed by atoms with E-state index in [4.69, 9.17) is 0 Å². The first-order chi connectivity index (χ1) is 18.5. The van der Waals surface area contributed by atoms with Gasteiger partial charge in [0.25, 0.3) is 0 Å². The molecular weight excluding hydrogens is 508 g/mol. The second kappa shape index (κ2) is 8.57. The van der Waals surface area contributed by atoms with Gasteiger partial charge in [-0.25, -0.2) is 18.6 Å². The third-order valence-corrected chi connectivity index (χ3v) is 7.51. The van der Waals surface area contributed by atoms with E-state index in [0.717, 1.165) is 6.07 Å². The zero-order valence-corrected chi connectivity index (χ0v) is 21.5. The van der Waals surface area contributed by atoms with Crippen LogP contribution in [0.25, 0.3) is 33.3 Å². The zero-order chi connectivity index (χ0) is 27.8. The molecule has 200 valence electrons. The van der Waals surface area contributed by atoms with Crippen LogP contribution in [0.5, 0.6) is 0 Å². The van der Waals surface area contributed by atoms with Crippen LogP contribution in [0.1, 0.15) is 34.5 Å². The Hall–Kier alpha value is -4.38. The normalized spacial score (nSPS) is 14.7. The van der Waals surface area contributed by atoms with E-state index in [1.54, 1.807) is 32.2 Å². The fraction of sp³-hybridized carbons (Fsp3) is 0.286. The molecule has 0 bridgehead atoms. The minimum absolute atomic E-state index is 0.0666. The minimum Gasteiger partial charge on any atom is -0.477 e. The molecule has 2 aliphatic rings. The molecule has 0 saturated heterocycles. The first kappa shape index (κ1) is 24.9. The number of carboxylic acids is 1. The molecular formula is C28H25F2N5O4. The molecule has 1 fully saturated rings. The van der Waals surface area contributed by atoms with Gasteiger partial charge in [0, 0.05) is 80.2 Å². The van der Waals surface area contributed by atoms with Gasteiger partial charge < -0.3 is 25.0 Å². The van der Waals surface area contributed by atoms with Gasteiger partial charge in [-0.1, -0.05) is 0 Å².